The van der Waals surface area contributed by atoms with Crippen LogP contribution < -0.4 is 19.1 Å². The van der Waals surface area contributed by atoms with Gasteiger partial charge in [0, 0.05) is 41.5 Å². The second-order valence-corrected chi connectivity index (χ2v) is 12.1. The van der Waals surface area contributed by atoms with Crippen molar-refractivity contribution < 1.29 is 28.9 Å². The summed E-state index contributed by atoms with van der Waals surface area (Å²) >= 11 is 0. The summed E-state index contributed by atoms with van der Waals surface area (Å²) in [6, 6.07) is 37.4. The number of aromatic carboxylic acids is 1. The Morgan fingerprint density at radius 2 is 1.42 bits per heavy atom. The summed E-state index contributed by atoms with van der Waals surface area (Å²) in [4.78, 5) is 28.9. The van der Waals surface area contributed by atoms with E-state index in [9.17, 15) is 14.7 Å². The molecule has 0 radical (unpaired) electrons. The van der Waals surface area contributed by atoms with E-state index >= 15 is 0 Å². The number of benzene rings is 5. The first-order valence-electron chi connectivity index (χ1n) is 15.9. The van der Waals surface area contributed by atoms with E-state index in [1.807, 2.05) is 109 Å². The molecule has 8 nitrogen and oxygen atoms in total. The van der Waals surface area contributed by atoms with Crippen molar-refractivity contribution in [3.8, 4) is 22.9 Å². The molecule has 6 aromatic rings. The first-order chi connectivity index (χ1) is 23.4. The lowest BCUT2D eigenvalue weighted by molar-refractivity contribution is 0.0310. The highest BCUT2D eigenvalue weighted by atomic mass is 16.7. The molecule has 5 aromatic carbocycles. The Kier molecular flexibility index (Phi) is 8.29. The largest absolute Gasteiger partial charge is 0.489 e. The van der Waals surface area contributed by atoms with Gasteiger partial charge >= 0.3 is 5.97 Å². The van der Waals surface area contributed by atoms with Gasteiger partial charge in [-0.15, -0.1) is 0 Å². The summed E-state index contributed by atoms with van der Waals surface area (Å²) in [6.07, 6.45) is 1.87. The zero-order valence-electron chi connectivity index (χ0n) is 26.6. The fourth-order valence-electron chi connectivity index (χ4n) is 5.96. The molecule has 0 spiro atoms. The number of anilines is 2. The molecule has 1 amide bonds. The summed E-state index contributed by atoms with van der Waals surface area (Å²) in [5.41, 5.74) is 3.89. The number of aromatic nitrogens is 1. The lowest BCUT2D eigenvalue weighted by Crippen LogP contribution is -2.25. The van der Waals surface area contributed by atoms with Gasteiger partial charge in [-0.3, -0.25) is 9.69 Å². The van der Waals surface area contributed by atoms with E-state index in [4.69, 9.17) is 14.2 Å². The Hall–Kier alpha value is -6.02. The Morgan fingerprint density at radius 1 is 0.792 bits per heavy atom. The second-order valence-electron chi connectivity index (χ2n) is 12.1. The van der Waals surface area contributed by atoms with Crippen LogP contribution in [0.15, 0.2) is 128 Å². The van der Waals surface area contributed by atoms with Crippen molar-refractivity contribution >= 4 is 34.2 Å². The minimum absolute atomic E-state index is 0.0355. The van der Waals surface area contributed by atoms with Gasteiger partial charge in [-0.2, -0.15) is 0 Å². The summed E-state index contributed by atoms with van der Waals surface area (Å²) in [6.45, 7) is 4.57. The number of carboxylic acids is 1. The molecule has 8 heteroatoms. The molecule has 1 aliphatic heterocycles. The summed E-state index contributed by atoms with van der Waals surface area (Å²) < 4.78 is 19.8. The zero-order chi connectivity index (χ0) is 33.2. The van der Waals surface area contributed by atoms with E-state index in [1.165, 1.54) is 6.07 Å². The predicted octanol–water partition coefficient (Wildman–Crippen LogP) is 9.03. The van der Waals surface area contributed by atoms with Crippen molar-refractivity contribution in [2.75, 3.05) is 4.90 Å². The molecule has 1 atom stereocenters. The highest BCUT2D eigenvalue weighted by molar-refractivity contribution is 6.17. The molecule has 0 fully saturated rings. The molecule has 240 valence electrons. The summed E-state index contributed by atoms with van der Waals surface area (Å²) in [5.74, 6) is 0.473. The third-order valence-corrected chi connectivity index (χ3v) is 8.24. The Morgan fingerprint density at radius 3 is 2.10 bits per heavy atom. The predicted molar refractivity (Wildman–Crippen MR) is 185 cm³/mol. The van der Waals surface area contributed by atoms with Crippen LogP contribution in [0.25, 0.3) is 16.6 Å². The highest BCUT2D eigenvalue weighted by Gasteiger charge is 2.30. The molecular weight excluding hydrogens is 604 g/mol. The average Bonchev–Trinajstić information content (AvgIpc) is 3.68. The van der Waals surface area contributed by atoms with Crippen LogP contribution in [0.5, 0.6) is 17.2 Å². The van der Waals surface area contributed by atoms with Crippen molar-refractivity contribution in [3.05, 3.63) is 144 Å². The van der Waals surface area contributed by atoms with Gasteiger partial charge in [0.25, 0.3) is 5.91 Å². The van der Waals surface area contributed by atoms with E-state index < -0.39 is 12.3 Å². The number of amides is 1. The number of hydrogen-bond acceptors (Lipinski definition) is 5. The number of carbonyl (C=O) groups is 2. The van der Waals surface area contributed by atoms with Crippen molar-refractivity contribution in [2.45, 2.75) is 33.2 Å². The Bertz CT molecular complexity index is 2090. The molecule has 1 aliphatic rings. The van der Waals surface area contributed by atoms with Crippen LogP contribution in [0.1, 0.15) is 46.5 Å². The van der Waals surface area contributed by atoms with Crippen LogP contribution in [-0.2, 0) is 6.61 Å². The molecule has 0 aliphatic carbocycles. The van der Waals surface area contributed by atoms with Gasteiger partial charge in [-0.05, 0) is 53.9 Å². The minimum atomic E-state index is -1.12. The molecule has 1 aromatic heterocycles. The standard InChI is InChI=1S/C40H34N2O6/c1-26(2)21-38-47-36-22-32(40(44)45)35(23-37(36)48-38)41-24-33(31-15-9-10-16-34(31)41)39(43)42(28-13-7-4-8-14-28)29-17-19-30(20-18-29)46-25-27-11-5-3-6-12-27/h3-20,22-24,26,38H,21,25H2,1-2H3,(H,44,45). The van der Waals surface area contributed by atoms with Gasteiger partial charge in [0.05, 0.1) is 22.3 Å². The lowest BCUT2D eigenvalue weighted by atomic mass is 10.1. The SMILES string of the molecule is CC(C)CC1Oc2cc(C(=O)O)c(-n3cc(C(=O)N(c4ccccc4)c4ccc(OCc5ccccc5)cc4)c4ccccc43)cc2O1. The van der Waals surface area contributed by atoms with E-state index in [0.717, 1.165) is 5.56 Å². The molecule has 0 saturated heterocycles. The maximum absolute atomic E-state index is 14.7. The van der Waals surface area contributed by atoms with Crippen LogP contribution in [-0.4, -0.2) is 27.8 Å². The van der Waals surface area contributed by atoms with Crippen LogP contribution in [0.4, 0.5) is 11.4 Å². The quantitative estimate of drug-likeness (QED) is 0.161. The summed E-state index contributed by atoms with van der Waals surface area (Å²) in [7, 11) is 0. The number of hydrogen-bond donors (Lipinski definition) is 1. The van der Waals surface area contributed by atoms with Crippen molar-refractivity contribution in [3.63, 3.8) is 0 Å². The Labute approximate surface area is 278 Å². The number of para-hydroxylation sites is 2. The van der Waals surface area contributed by atoms with Crippen molar-refractivity contribution in [1.29, 1.82) is 0 Å². The lowest BCUT2D eigenvalue weighted by Gasteiger charge is -2.23. The van der Waals surface area contributed by atoms with Gasteiger partial charge in [0.15, 0.2) is 11.5 Å². The zero-order valence-corrected chi connectivity index (χ0v) is 26.6. The molecule has 1 N–H and O–H groups in total. The molecular formula is C40H34N2O6. The highest BCUT2D eigenvalue weighted by Crippen LogP contribution is 2.41. The minimum Gasteiger partial charge on any atom is -0.489 e. The van der Waals surface area contributed by atoms with Crippen LogP contribution in [0.3, 0.4) is 0 Å². The van der Waals surface area contributed by atoms with Gasteiger partial charge in [-0.1, -0.05) is 80.6 Å². The van der Waals surface area contributed by atoms with Gasteiger partial charge in [0.2, 0.25) is 6.29 Å². The normalized spacial score (nSPS) is 13.5. The average molecular weight is 639 g/mol. The maximum atomic E-state index is 14.7. The third-order valence-electron chi connectivity index (χ3n) is 8.24. The van der Waals surface area contributed by atoms with E-state index in [2.05, 4.69) is 13.8 Å². The fraction of sp³-hybridized carbons (Fsp3) is 0.150. The van der Waals surface area contributed by atoms with Gasteiger partial charge in [0.1, 0.15) is 12.4 Å². The molecule has 2 heterocycles. The number of fused-ring (bicyclic) bond motifs is 2. The van der Waals surface area contributed by atoms with Gasteiger partial charge in [-0.25, -0.2) is 4.79 Å². The first-order valence-corrected chi connectivity index (χ1v) is 15.9. The van der Waals surface area contributed by atoms with Crippen LogP contribution in [0.2, 0.25) is 0 Å². The van der Waals surface area contributed by atoms with Crippen LogP contribution in [0, 0.1) is 5.92 Å². The molecule has 1 unspecified atom stereocenters. The van der Waals surface area contributed by atoms with Crippen molar-refractivity contribution in [2.24, 2.45) is 5.92 Å². The number of nitrogens with zero attached hydrogens (tertiary/aromatic N) is 2. The van der Waals surface area contributed by atoms with E-state index in [1.54, 1.807) is 21.7 Å². The summed E-state index contributed by atoms with van der Waals surface area (Å²) in [5, 5.41) is 11.0. The topological polar surface area (TPSA) is 90.2 Å². The molecule has 0 bridgehead atoms. The first kappa shape index (κ1) is 30.6. The van der Waals surface area contributed by atoms with Crippen LogP contribution >= 0.6 is 0 Å². The second kappa shape index (κ2) is 13.0. The number of rotatable bonds is 10. The van der Waals surface area contributed by atoms with E-state index in [-0.39, 0.29) is 11.5 Å². The number of carboxylic acid groups (broad SMARTS) is 1. The van der Waals surface area contributed by atoms with E-state index in [0.29, 0.717) is 69.7 Å². The van der Waals surface area contributed by atoms with Gasteiger partial charge < -0.3 is 23.9 Å². The fourth-order valence-corrected chi connectivity index (χ4v) is 5.96. The van der Waals surface area contributed by atoms with Crippen molar-refractivity contribution in [1.82, 2.24) is 4.57 Å². The Balaban J connectivity index is 1.28. The molecule has 48 heavy (non-hydrogen) atoms. The smallest absolute Gasteiger partial charge is 0.337 e. The number of carbonyl (C=O) groups excluding carboxylic acids is 1. The monoisotopic (exact) mass is 638 g/mol. The molecule has 0 saturated carbocycles. The third kappa shape index (κ3) is 6.08. The maximum Gasteiger partial charge on any atom is 0.337 e. The number of ether oxygens (including phenoxy) is 3. The molecule has 7 rings (SSSR count).